The molecule has 0 atom stereocenters. The van der Waals surface area contributed by atoms with Crippen molar-refractivity contribution in [2.75, 3.05) is 18.9 Å². The molecule has 0 saturated heterocycles. The van der Waals surface area contributed by atoms with Gasteiger partial charge in [-0.25, -0.2) is 14.2 Å². The van der Waals surface area contributed by atoms with Gasteiger partial charge >= 0.3 is 40.0 Å². The zero-order valence-corrected chi connectivity index (χ0v) is 23.0. The summed E-state index contributed by atoms with van der Waals surface area (Å²) in [6.07, 6.45) is 14.3. The zero-order valence-electron chi connectivity index (χ0n) is 21.4. The molecule has 0 unspecified atom stereocenters. The average molecular weight is 556 g/mol. The van der Waals surface area contributed by atoms with Crippen molar-refractivity contribution in [1.29, 1.82) is 0 Å². The Morgan fingerprint density at radius 3 is 2.17 bits per heavy atom. The zero-order chi connectivity index (χ0) is 26.1. The molecular formula is C24H44N4NaO5S2+. The number of nitrogen functional groups attached to an aromatic ring is 1. The summed E-state index contributed by atoms with van der Waals surface area (Å²) in [5.41, 5.74) is 10.0. The van der Waals surface area contributed by atoms with Crippen LogP contribution in [-0.4, -0.2) is 70.8 Å². The van der Waals surface area contributed by atoms with Crippen molar-refractivity contribution in [3.8, 4) is 0 Å². The molecule has 0 amide bonds. The van der Waals surface area contributed by atoms with E-state index in [0.717, 1.165) is 24.1 Å². The quantitative estimate of drug-likeness (QED) is 0.123. The Hall–Kier alpha value is -0.660. The fourth-order valence-electron chi connectivity index (χ4n) is 3.52. The van der Waals surface area contributed by atoms with Crippen LogP contribution in [0.25, 0.3) is 0 Å². The van der Waals surface area contributed by atoms with Gasteiger partial charge in [0.15, 0.2) is 12.2 Å². The first-order chi connectivity index (χ1) is 16.7. The maximum absolute atomic E-state index is 10.2. The van der Waals surface area contributed by atoms with Crippen LogP contribution in [-0.2, 0) is 27.5 Å². The number of aromatic nitrogens is 3. The van der Waals surface area contributed by atoms with Crippen LogP contribution in [0.2, 0.25) is 0 Å². The number of anilines is 1. The number of hydrogen-bond acceptors (Lipinski definition) is 8. The Morgan fingerprint density at radius 2 is 1.64 bits per heavy atom. The molecule has 2 heterocycles. The van der Waals surface area contributed by atoms with Gasteiger partial charge in [0.05, 0.1) is 17.0 Å². The van der Waals surface area contributed by atoms with Gasteiger partial charge in [-0.3, -0.25) is 4.55 Å². The first kappa shape index (κ1) is 35.3. The summed E-state index contributed by atoms with van der Waals surface area (Å²) in [7, 11) is -4.23. The number of aliphatic hydroxyl groups is 1. The predicted octanol–water partition coefficient (Wildman–Crippen LogP) is 3.69. The Bertz CT molecular complexity index is 958. The van der Waals surface area contributed by atoms with Gasteiger partial charge in [0, 0.05) is 26.1 Å². The predicted molar refractivity (Wildman–Crippen MR) is 147 cm³/mol. The summed E-state index contributed by atoms with van der Waals surface area (Å²) in [5, 5.41) is 8.98. The fourth-order valence-corrected chi connectivity index (χ4v) is 4.83. The topological polar surface area (TPSA) is 140 Å². The molecule has 0 aliphatic carbocycles. The van der Waals surface area contributed by atoms with Crippen molar-refractivity contribution in [3.05, 3.63) is 33.7 Å². The van der Waals surface area contributed by atoms with Gasteiger partial charge in [0.1, 0.15) is 11.6 Å². The van der Waals surface area contributed by atoms with E-state index in [1.165, 1.54) is 49.8 Å². The molecule has 0 aliphatic rings. The third kappa shape index (κ3) is 16.2. The molecule has 0 bridgehead atoms. The Balaban J connectivity index is 0.000000664. The van der Waals surface area contributed by atoms with Crippen molar-refractivity contribution in [2.24, 2.45) is 0 Å². The van der Waals surface area contributed by atoms with Crippen molar-refractivity contribution < 1.29 is 26.8 Å². The number of rotatable bonds is 16. The molecule has 0 fully saturated rings. The van der Waals surface area contributed by atoms with Gasteiger partial charge in [0.25, 0.3) is 0 Å². The molecule has 0 radical (unpaired) electrons. The molecule has 2 aromatic heterocycles. The third-order valence-corrected chi connectivity index (χ3v) is 7.19. The van der Waals surface area contributed by atoms with Crippen LogP contribution in [0.1, 0.15) is 93.1 Å². The van der Waals surface area contributed by atoms with E-state index in [1.54, 1.807) is 17.5 Å². The van der Waals surface area contributed by atoms with E-state index in [0.29, 0.717) is 31.0 Å². The molecule has 9 nitrogen and oxygen atoms in total. The Labute approximate surface area is 243 Å². The summed E-state index contributed by atoms with van der Waals surface area (Å²) in [4.78, 5) is 9.53. The van der Waals surface area contributed by atoms with Crippen LogP contribution in [0.15, 0.2) is 11.7 Å². The Kier molecular flexibility index (Phi) is 19.9. The monoisotopic (exact) mass is 555 g/mol. The minimum atomic E-state index is -4.23. The van der Waals surface area contributed by atoms with E-state index >= 15 is 0 Å². The molecule has 0 aliphatic heterocycles. The van der Waals surface area contributed by atoms with Gasteiger partial charge in [-0.15, -0.1) is 0 Å². The molecule has 2 rings (SSSR count). The van der Waals surface area contributed by atoms with E-state index in [-0.39, 0.29) is 42.8 Å². The van der Waals surface area contributed by atoms with E-state index in [1.807, 2.05) is 19.4 Å². The van der Waals surface area contributed by atoms with Crippen LogP contribution in [0.3, 0.4) is 0 Å². The second-order valence-electron chi connectivity index (χ2n) is 8.59. The van der Waals surface area contributed by atoms with Crippen molar-refractivity contribution in [3.63, 3.8) is 0 Å². The van der Waals surface area contributed by atoms with Gasteiger partial charge in [0.2, 0.25) is 5.51 Å². The van der Waals surface area contributed by atoms with E-state index in [9.17, 15) is 8.42 Å². The average Bonchev–Trinajstić information content (AvgIpc) is 3.13. The minimum absolute atomic E-state index is 0. The summed E-state index contributed by atoms with van der Waals surface area (Å²) in [6, 6.07) is 0. The molecule has 0 aromatic carbocycles. The second-order valence-corrected chi connectivity index (χ2v) is 10.6. The molecule has 0 spiro atoms. The Morgan fingerprint density at radius 1 is 1.06 bits per heavy atom. The molecule has 202 valence electrons. The molecule has 12 heteroatoms. The summed E-state index contributed by atoms with van der Waals surface area (Å²) in [5.74, 6) is 1.22. The maximum atomic E-state index is 10.2. The first-order valence-electron chi connectivity index (χ1n) is 12.4. The summed E-state index contributed by atoms with van der Waals surface area (Å²) >= 11 is 1.65. The summed E-state index contributed by atoms with van der Waals surface area (Å²) in [6.45, 7) is 7.02. The van der Waals surface area contributed by atoms with Gasteiger partial charge in [-0.05, 0) is 13.3 Å². The number of nitrogens with two attached hydrogens (primary N) is 1. The molecule has 0 saturated carbocycles. The van der Waals surface area contributed by atoms with E-state index in [2.05, 4.69) is 25.6 Å². The van der Waals surface area contributed by atoms with E-state index in [4.69, 9.17) is 15.4 Å². The standard InChI is InChI=1S/C12H17N4OS.C12H26O4S.Na.H/c1-8-11(3-4-17)18-7-16(8)6-10-5-14-9(2)15-12(10)13;1-2-3-4-5-6-7-8-9-10-11-12-16-17(13,14)15;;/h5,7,17H,3-4,6H2,1-2H3,(H2,13,14,15);2-12H2,1H3,(H,13,14,15);;/q+1;;;. The number of thiazole rings is 1. The van der Waals surface area contributed by atoms with Gasteiger partial charge in [-0.2, -0.15) is 13.0 Å². The van der Waals surface area contributed by atoms with Crippen LogP contribution >= 0.6 is 11.3 Å². The van der Waals surface area contributed by atoms with Gasteiger partial charge < -0.3 is 10.8 Å². The second kappa shape index (κ2) is 20.3. The number of aryl methyl sites for hydroxylation is 1. The van der Waals surface area contributed by atoms with Crippen LogP contribution < -0.4 is 10.3 Å². The van der Waals surface area contributed by atoms with Crippen LogP contribution in [0, 0.1) is 13.8 Å². The molecule has 36 heavy (non-hydrogen) atoms. The van der Waals surface area contributed by atoms with Crippen LogP contribution in [0.4, 0.5) is 5.82 Å². The fraction of sp³-hybridized carbons (Fsp3) is 0.708. The normalized spacial score (nSPS) is 11.0. The van der Waals surface area contributed by atoms with Crippen molar-refractivity contribution >= 4 is 57.1 Å². The van der Waals surface area contributed by atoms with E-state index < -0.39 is 10.4 Å². The van der Waals surface area contributed by atoms with Crippen molar-refractivity contribution in [1.82, 2.24) is 9.97 Å². The first-order valence-corrected chi connectivity index (χ1v) is 14.7. The number of aliphatic hydroxyl groups excluding tert-OH is 1. The third-order valence-electron chi connectivity index (χ3n) is 5.58. The van der Waals surface area contributed by atoms with Gasteiger partial charge in [-0.1, -0.05) is 76.0 Å². The number of nitrogens with zero attached hydrogens (tertiary/aromatic N) is 3. The molecule has 4 N–H and O–H groups in total. The van der Waals surface area contributed by atoms with Crippen molar-refractivity contribution in [2.45, 2.75) is 97.9 Å². The molecular weight excluding hydrogens is 511 g/mol. The van der Waals surface area contributed by atoms with Crippen LogP contribution in [0.5, 0.6) is 0 Å². The number of unbranched alkanes of at least 4 members (excludes halogenated alkanes) is 9. The summed E-state index contributed by atoms with van der Waals surface area (Å²) < 4.78 is 35.1. The number of hydrogen-bond donors (Lipinski definition) is 3. The SMILES string of the molecule is CCCCCCCCCCCCOS(=O)(=O)O.Cc1ncc(C[n+]2csc(CCO)c2C)c(N)n1.[NaH]. The molecule has 2 aromatic rings.